The van der Waals surface area contributed by atoms with E-state index in [1.807, 2.05) is 0 Å². The number of hydrogen-bond donors (Lipinski definition) is 0. The third kappa shape index (κ3) is 4.57. The van der Waals surface area contributed by atoms with Gasteiger partial charge in [-0.1, -0.05) is 55.5 Å². The van der Waals surface area contributed by atoms with Gasteiger partial charge in [-0.15, -0.1) is 0 Å². The summed E-state index contributed by atoms with van der Waals surface area (Å²) >= 11 is 0. The Bertz CT molecular complexity index is 759. The van der Waals surface area contributed by atoms with Gasteiger partial charge in [0.25, 0.3) is 0 Å². The maximum Gasteiger partial charge on any atom is 0.166 e. The van der Waals surface area contributed by atoms with Gasteiger partial charge in [-0.2, -0.15) is 0 Å². The zero-order chi connectivity index (χ0) is 18.4. The first kappa shape index (κ1) is 18.8. The van der Waals surface area contributed by atoms with E-state index in [0.717, 1.165) is 13.1 Å². The van der Waals surface area contributed by atoms with Crippen molar-refractivity contribution in [3.05, 3.63) is 90.5 Å². The lowest BCUT2D eigenvalue weighted by Gasteiger charge is -2.24. The summed E-state index contributed by atoms with van der Waals surface area (Å²) in [7, 11) is -0.0709. The molecule has 0 fully saturated rings. The fraction of sp³-hybridized carbons (Fsp3) is 0.250. The fourth-order valence-electron chi connectivity index (χ4n) is 3.19. The molecular formula is C24H28NS+. The molecule has 0 aliphatic heterocycles. The highest BCUT2D eigenvalue weighted by Gasteiger charge is 2.28. The van der Waals surface area contributed by atoms with Gasteiger partial charge in [0.2, 0.25) is 0 Å². The molecule has 2 heteroatoms. The molecule has 3 aromatic rings. The van der Waals surface area contributed by atoms with Crippen LogP contribution in [0.15, 0.2) is 99.6 Å². The monoisotopic (exact) mass is 362 g/mol. The molecule has 0 bridgehead atoms. The lowest BCUT2D eigenvalue weighted by Crippen LogP contribution is -2.29. The standard InChI is InChI=1S/C24H28NS/c1-4-25(20(2)3)19-21-12-11-17-24(18-21)26(22-13-7-5-8-14-22)23-15-9-6-10-16-23/h5-18,20H,4,19H2,1-3H3/q+1. The molecule has 0 aliphatic carbocycles. The number of rotatable bonds is 7. The van der Waals surface area contributed by atoms with Gasteiger partial charge in [-0.05, 0) is 62.4 Å². The van der Waals surface area contributed by atoms with Crippen LogP contribution in [0.4, 0.5) is 0 Å². The maximum atomic E-state index is 2.50. The van der Waals surface area contributed by atoms with Gasteiger partial charge >= 0.3 is 0 Å². The molecule has 0 amide bonds. The fourth-order valence-corrected chi connectivity index (χ4v) is 5.35. The predicted octanol–water partition coefficient (Wildman–Crippen LogP) is 6.01. The average molecular weight is 363 g/mol. The van der Waals surface area contributed by atoms with Crippen molar-refractivity contribution in [2.24, 2.45) is 0 Å². The first-order valence-corrected chi connectivity index (χ1v) is 10.6. The molecule has 0 unspecified atom stereocenters. The summed E-state index contributed by atoms with van der Waals surface area (Å²) in [6.45, 7) is 8.85. The van der Waals surface area contributed by atoms with Crippen LogP contribution in [0.25, 0.3) is 0 Å². The Morgan fingerprint density at radius 1 is 0.731 bits per heavy atom. The highest BCUT2D eigenvalue weighted by Crippen LogP contribution is 2.31. The Kier molecular flexibility index (Phi) is 6.54. The van der Waals surface area contributed by atoms with Crippen LogP contribution in [-0.4, -0.2) is 17.5 Å². The Morgan fingerprint density at radius 2 is 1.27 bits per heavy atom. The lowest BCUT2D eigenvalue weighted by molar-refractivity contribution is 0.225. The van der Waals surface area contributed by atoms with Crippen molar-refractivity contribution in [3.8, 4) is 0 Å². The van der Waals surface area contributed by atoms with Crippen LogP contribution in [0.1, 0.15) is 26.3 Å². The molecule has 3 rings (SSSR count). The van der Waals surface area contributed by atoms with E-state index in [1.54, 1.807) is 0 Å². The molecule has 134 valence electrons. The minimum Gasteiger partial charge on any atom is -0.297 e. The molecule has 0 spiro atoms. The van der Waals surface area contributed by atoms with Gasteiger partial charge < -0.3 is 0 Å². The number of benzene rings is 3. The van der Waals surface area contributed by atoms with E-state index >= 15 is 0 Å². The van der Waals surface area contributed by atoms with Gasteiger partial charge in [0.15, 0.2) is 14.7 Å². The van der Waals surface area contributed by atoms with E-state index in [1.165, 1.54) is 20.2 Å². The van der Waals surface area contributed by atoms with Crippen LogP contribution in [0.2, 0.25) is 0 Å². The van der Waals surface area contributed by atoms with E-state index in [9.17, 15) is 0 Å². The third-order valence-electron chi connectivity index (χ3n) is 4.61. The topological polar surface area (TPSA) is 3.24 Å². The summed E-state index contributed by atoms with van der Waals surface area (Å²) in [6.07, 6.45) is 0. The quantitative estimate of drug-likeness (QED) is 0.465. The Labute approximate surface area is 161 Å². The summed E-state index contributed by atoms with van der Waals surface area (Å²) in [4.78, 5) is 6.63. The van der Waals surface area contributed by atoms with E-state index in [0.29, 0.717) is 6.04 Å². The average Bonchev–Trinajstić information content (AvgIpc) is 2.68. The van der Waals surface area contributed by atoms with Gasteiger partial charge in [0.1, 0.15) is 0 Å². The van der Waals surface area contributed by atoms with Crippen molar-refractivity contribution >= 4 is 10.9 Å². The van der Waals surface area contributed by atoms with Gasteiger partial charge in [0, 0.05) is 12.6 Å². The minimum absolute atomic E-state index is 0.0709. The SMILES string of the molecule is CCN(Cc1cccc([S+](c2ccccc2)c2ccccc2)c1)C(C)C. The second-order valence-electron chi connectivity index (χ2n) is 6.74. The Hall–Kier alpha value is -2.03. The molecule has 0 N–H and O–H groups in total. The third-order valence-corrected chi connectivity index (χ3v) is 6.83. The van der Waals surface area contributed by atoms with Crippen LogP contribution in [0.3, 0.4) is 0 Å². The molecule has 0 saturated carbocycles. The normalized spacial score (nSPS) is 11.5. The van der Waals surface area contributed by atoms with Crippen LogP contribution in [0.5, 0.6) is 0 Å². The largest absolute Gasteiger partial charge is 0.297 e. The van der Waals surface area contributed by atoms with Gasteiger partial charge in [-0.3, -0.25) is 4.90 Å². The zero-order valence-corrected chi connectivity index (χ0v) is 16.7. The molecule has 0 radical (unpaired) electrons. The van der Waals surface area contributed by atoms with Crippen molar-refractivity contribution < 1.29 is 0 Å². The summed E-state index contributed by atoms with van der Waals surface area (Å²) in [5, 5.41) is 0. The van der Waals surface area contributed by atoms with Crippen molar-refractivity contribution in [1.82, 2.24) is 4.90 Å². The molecular weight excluding hydrogens is 334 g/mol. The van der Waals surface area contributed by atoms with Crippen molar-refractivity contribution in [2.75, 3.05) is 6.54 Å². The minimum atomic E-state index is -0.0709. The van der Waals surface area contributed by atoms with E-state index < -0.39 is 0 Å². The number of nitrogens with zero attached hydrogens (tertiary/aromatic N) is 1. The first-order chi connectivity index (χ1) is 12.7. The zero-order valence-electron chi connectivity index (χ0n) is 15.9. The summed E-state index contributed by atoms with van der Waals surface area (Å²) in [6, 6.07) is 31.4. The first-order valence-electron chi connectivity index (χ1n) is 9.36. The van der Waals surface area contributed by atoms with Crippen molar-refractivity contribution in [1.29, 1.82) is 0 Å². The van der Waals surface area contributed by atoms with Crippen LogP contribution < -0.4 is 0 Å². The molecule has 1 nitrogen and oxygen atoms in total. The van der Waals surface area contributed by atoms with Crippen molar-refractivity contribution in [3.63, 3.8) is 0 Å². The highest BCUT2D eigenvalue weighted by atomic mass is 32.2. The van der Waals surface area contributed by atoms with E-state index in [-0.39, 0.29) is 10.9 Å². The molecule has 0 atom stereocenters. The Balaban J connectivity index is 1.99. The van der Waals surface area contributed by atoms with Gasteiger partial charge in [0.05, 0.1) is 10.9 Å². The number of hydrogen-bond acceptors (Lipinski definition) is 1. The molecule has 0 heterocycles. The molecule has 0 aliphatic rings. The summed E-state index contributed by atoms with van der Waals surface area (Å²) < 4.78 is 0. The summed E-state index contributed by atoms with van der Waals surface area (Å²) in [5.41, 5.74) is 1.39. The van der Waals surface area contributed by atoms with Gasteiger partial charge in [-0.25, -0.2) is 0 Å². The second-order valence-corrected chi connectivity index (χ2v) is 8.76. The molecule has 26 heavy (non-hydrogen) atoms. The van der Waals surface area contributed by atoms with E-state index in [2.05, 4.69) is 111 Å². The Morgan fingerprint density at radius 3 is 1.77 bits per heavy atom. The smallest absolute Gasteiger partial charge is 0.166 e. The molecule has 3 aromatic carbocycles. The second kappa shape index (κ2) is 9.07. The summed E-state index contributed by atoms with van der Waals surface area (Å²) in [5.74, 6) is 0. The van der Waals surface area contributed by atoms with Crippen LogP contribution in [0, 0.1) is 0 Å². The molecule has 0 saturated heterocycles. The lowest BCUT2D eigenvalue weighted by atomic mass is 10.2. The highest BCUT2D eigenvalue weighted by molar-refractivity contribution is 7.97. The maximum absolute atomic E-state index is 2.50. The predicted molar refractivity (Wildman–Crippen MR) is 113 cm³/mol. The van der Waals surface area contributed by atoms with Crippen molar-refractivity contribution in [2.45, 2.75) is 48.0 Å². The van der Waals surface area contributed by atoms with Crippen LogP contribution in [-0.2, 0) is 17.4 Å². The van der Waals surface area contributed by atoms with Crippen LogP contribution >= 0.6 is 0 Å². The van der Waals surface area contributed by atoms with E-state index in [4.69, 9.17) is 0 Å². The molecule has 0 aromatic heterocycles.